The van der Waals surface area contributed by atoms with Crippen LogP contribution in [0.4, 0.5) is 0 Å². The van der Waals surface area contributed by atoms with Crippen molar-refractivity contribution in [3.8, 4) is 34.0 Å². The van der Waals surface area contributed by atoms with Gasteiger partial charge in [-0.25, -0.2) is 4.98 Å². The van der Waals surface area contributed by atoms with Gasteiger partial charge >= 0.3 is 0 Å². The summed E-state index contributed by atoms with van der Waals surface area (Å²) in [6.07, 6.45) is 2.41. The number of nitrogens with zero attached hydrogens (tertiary/aromatic N) is 2. The number of phenols is 2. The van der Waals surface area contributed by atoms with Crippen molar-refractivity contribution in [2.24, 2.45) is 0 Å². The molecular formula is C14H13N3O2S. The summed E-state index contributed by atoms with van der Waals surface area (Å²) in [6.45, 7) is 1.95. The maximum absolute atomic E-state index is 10.1. The summed E-state index contributed by atoms with van der Waals surface area (Å²) in [4.78, 5) is 4.24. The molecule has 2 aromatic heterocycles. The molecule has 1 aromatic carbocycles. The smallest absolute Gasteiger partial charge is 0.127 e. The zero-order valence-electron chi connectivity index (χ0n) is 10.8. The van der Waals surface area contributed by atoms with Gasteiger partial charge in [0.05, 0.1) is 5.51 Å². The van der Waals surface area contributed by atoms with E-state index >= 15 is 0 Å². The fourth-order valence-corrected chi connectivity index (χ4v) is 2.68. The maximum atomic E-state index is 10.1. The first kappa shape index (κ1) is 12.7. The van der Waals surface area contributed by atoms with E-state index in [9.17, 15) is 10.2 Å². The van der Waals surface area contributed by atoms with Gasteiger partial charge in [-0.05, 0) is 18.1 Å². The van der Waals surface area contributed by atoms with E-state index in [1.807, 2.05) is 12.3 Å². The first-order valence-electron chi connectivity index (χ1n) is 6.18. The minimum atomic E-state index is 0.0255. The molecular weight excluding hydrogens is 274 g/mol. The minimum absolute atomic E-state index is 0.0255. The zero-order valence-corrected chi connectivity index (χ0v) is 11.6. The van der Waals surface area contributed by atoms with Crippen molar-refractivity contribution in [3.63, 3.8) is 0 Å². The lowest BCUT2D eigenvalue weighted by atomic mass is 10.00. The summed E-state index contributed by atoms with van der Waals surface area (Å²) < 4.78 is 0. The van der Waals surface area contributed by atoms with Gasteiger partial charge in [-0.1, -0.05) is 6.92 Å². The molecule has 2 heterocycles. The molecule has 3 aromatic rings. The third-order valence-corrected chi connectivity index (χ3v) is 3.77. The van der Waals surface area contributed by atoms with Gasteiger partial charge in [0.25, 0.3) is 0 Å². The SMILES string of the molecule is CCc1cc(-c2c[nH]nc2-c2cscn2)c(O)cc1O. The summed E-state index contributed by atoms with van der Waals surface area (Å²) in [7, 11) is 0. The molecule has 102 valence electrons. The summed E-state index contributed by atoms with van der Waals surface area (Å²) in [5.41, 5.74) is 5.37. The molecule has 0 unspecified atom stereocenters. The van der Waals surface area contributed by atoms with E-state index in [4.69, 9.17) is 0 Å². The quantitative estimate of drug-likeness (QED) is 0.691. The van der Waals surface area contributed by atoms with Crippen LogP contribution in [0.5, 0.6) is 11.5 Å². The largest absolute Gasteiger partial charge is 0.508 e. The van der Waals surface area contributed by atoms with Gasteiger partial charge in [0.2, 0.25) is 0 Å². The van der Waals surface area contributed by atoms with Crippen LogP contribution >= 0.6 is 11.3 Å². The lowest BCUT2D eigenvalue weighted by Gasteiger charge is -2.08. The second-order valence-corrected chi connectivity index (χ2v) is 5.09. The fourth-order valence-electron chi connectivity index (χ4n) is 2.14. The van der Waals surface area contributed by atoms with Crippen molar-refractivity contribution < 1.29 is 10.2 Å². The zero-order chi connectivity index (χ0) is 14.1. The van der Waals surface area contributed by atoms with Crippen molar-refractivity contribution in [3.05, 3.63) is 34.8 Å². The molecule has 0 atom stereocenters. The van der Waals surface area contributed by atoms with Crippen LogP contribution in [-0.4, -0.2) is 25.4 Å². The first-order valence-corrected chi connectivity index (χ1v) is 7.12. The highest BCUT2D eigenvalue weighted by Crippen LogP contribution is 2.38. The van der Waals surface area contributed by atoms with Crippen LogP contribution in [0.15, 0.2) is 29.2 Å². The van der Waals surface area contributed by atoms with Gasteiger partial charge < -0.3 is 10.2 Å². The Hall–Kier alpha value is -2.34. The molecule has 0 saturated heterocycles. The molecule has 0 aliphatic carbocycles. The van der Waals surface area contributed by atoms with E-state index in [0.29, 0.717) is 17.7 Å². The van der Waals surface area contributed by atoms with Gasteiger partial charge in [-0.2, -0.15) is 5.10 Å². The highest BCUT2D eigenvalue weighted by atomic mass is 32.1. The summed E-state index contributed by atoms with van der Waals surface area (Å²) in [5, 5.41) is 28.8. The first-order chi connectivity index (χ1) is 9.70. The van der Waals surface area contributed by atoms with E-state index in [1.165, 1.54) is 17.4 Å². The number of hydrogen-bond donors (Lipinski definition) is 3. The lowest BCUT2D eigenvalue weighted by Crippen LogP contribution is -1.87. The molecule has 0 bridgehead atoms. The maximum Gasteiger partial charge on any atom is 0.127 e. The lowest BCUT2D eigenvalue weighted by molar-refractivity contribution is 0.447. The molecule has 0 saturated carbocycles. The third-order valence-electron chi connectivity index (χ3n) is 3.18. The number of benzene rings is 1. The number of hydrogen-bond acceptors (Lipinski definition) is 5. The second-order valence-electron chi connectivity index (χ2n) is 4.37. The van der Waals surface area contributed by atoms with Gasteiger partial charge in [0.1, 0.15) is 22.9 Å². The van der Waals surface area contributed by atoms with Crippen LogP contribution < -0.4 is 0 Å². The average Bonchev–Trinajstić information content (AvgIpc) is 3.09. The second kappa shape index (κ2) is 4.97. The molecule has 6 heteroatoms. The van der Waals surface area contributed by atoms with Crippen molar-refractivity contribution >= 4 is 11.3 Å². The predicted molar refractivity (Wildman–Crippen MR) is 77.8 cm³/mol. The number of rotatable bonds is 3. The summed E-state index contributed by atoms with van der Waals surface area (Å²) in [5.74, 6) is 0.130. The fraction of sp³-hybridized carbons (Fsp3) is 0.143. The van der Waals surface area contributed by atoms with Crippen LogP contribution in [0.25, 0.3) is 22.5 Å². The van der Waals surface area contributed by atoms with Crippen molar-refractivity contribution in [2.45, 2.75) is 13.3 Å². The van der Waals surface area contributed by atoms with Crippen molar-refractivity contribution in [1.29, 1.82) is 0 Å². The Bertz CT molecular complexity index is 735. The Morgan fingerprint density at radius 2 is 2.05 bits per heavy atom. The molecule has 0 amide bonds. The van der Waals surface area contributed by atoms with Crippen molar-refractivity contribution in [2.75, 3.05) is 0 Å². The number of aromatic nitrogens is 3. The number of phenolic OH excluding ortho intramolecular Hbond substituents is 2. The monoisotopic (exact) mass is 287 g/mol. The van der Waals surface area contributed by atoms with E-state index in [0.717, 1.165) is 16.8 Å². The molecule has 3 rings (SSSR count). The Kier molecular flexibility index (Phi) is 3.15. The summed E-state index contributed by atoms with van der Waals surface area (Å²) in [6, 6.07) is 3.15. The van der Waals surface area contributed by atoms with Gasteiger partial charge in [0, 0.05) is 28.8 Å². The molecule has 0 spiro atoms. The minimum Gasteiger partial charge on any atom is -0.508 e. The third kappa shape index (κ3) is 2.04. The molecule has 5 nitrogen and oxygen atoms in total. The Morgan fingerprint density at radius 3 is 2.75 bits per heavy atom. The Balaban J connectivity index is 2.17. The number of nitrogens with one attached hydrogen (secondary N) is 1. The highest BCUT2D eigenvalue weighted by molar-refractivity contribution is 7.07. The number of aryl methyl sites for hydroxylation is 1. The highest BCUT2D eigenvalue weighted by Gasteiger charge is 2.17. The van der Waals surface area contributed by atoms with Crippen molar-refractivity contribution in [1.82, 2.24) is 15.2 Å². The molecule has 0 radical (unpaired) electrons. The van der Waals surface area contributed by atoms with E-state index in [1.54, 1.807) is 17.8 Å². The van der Waals surface area contributed by atoms with Crippen LogP contribution in [-0.2, 0) is 6.42 Å². The normalized spacial score (nSPS) is 10.8. The molecule has 20 heavy (non-hydrogen) atoms. The standard InChI is InChI=1S/C14H13N3O2S/c1-2-8-3-9(13(19)4-12(8)18)10-5-16-17-14(10)11-6-20-7-15-11/h3-7,18-19H,2H2,1H3,(H,16,17). The number of aromatic amines is 1. The topological polar surface area (TPSA) is 82.0 Å². The number of aromatic hydroxyl groups is 2. The predicted octanol–water partition coefficient (Wildman–Crippen LogP) is 3.17. The molecule has 0 aliphatic rings. The van der Waals surface area contributed by atoms with Gasteiger partial charge in [-0.3, -0.25) is 5.10 Å². The van der Waals surface area contributed by atoms with Crippen LogP contribution in [0.3, 0.4) is 0 Å². The molecule has 3 N–H and O–H groups in total. The Morgan fingerprint density at radius 1 is 1.20 bits per heavy atom. The van der Waals surface area contributed by atoms with E-state index in [2.05, 4.69) is 15.2 Å². The summed E-state index contributed by atoms with van der Waals surface area (Å²) >= 11 is 1.49. The van der Waals surface area contributed by atoms with Gasteiger partial charge in [0.15, 0.2) is 0 Å². The van der Waals surface area contributed by atoms with Gasteiger partial charge in [-0.15, -0.1) is 11.3 Å². The molecule has 0 aliphatic heterocycles. The van der Waals surface area contributed by atoms with Crippen LogP contribution in [0, 0.1) is 0 Å². The van der Waals surface area contributed by atoms with E-state index in [-0.39, 0.29) is 11.5 Å². The van der Waals surface area contributed by atoms with Crippen LogP contribution in [0.2, 0.25) is 0 Å². The van der Waals surface area contributed by atoms with E-state index < -0.39 is 0 Å². The molecule has 0 fully saturated rings. The Labute approximate surface area is 119 Å². The van der Waals surface area contributed by atoms with Crippen LogP contribution in [0.1, 0.15) is 12.5 Å². The number of H-pyrrole nitrogens is 1. The average molecular weight is 287 g/mol. The number of thiazole rings is 1.